The first-order valence-corrected chi connectivity index (χ1v) is 11.2. The number of ether oxygens (including phenoxy) is 1. The van der Waals surface area contributed by atoms with Gasteiger partial charge in [-0.25, -0.2) is 4.79 Å². The van der Waals surface area contributed by atoms with Crippen LogP contribution in [0.15, 0.2) is 30.5 Å². The van der Waals surface area contributed by atoms with E-state index in [1.807, 2.05) is 57.8 Å². The Labute approximate surface area is 184 Å². The maximum absolute atomic E-state index is 13.1. The zero-order chi connectivity index (χ0) is 22.5. The summed E-state index contributed by atoms with van der Waals surface area (Å²) in [5.74, 6) is 0.0352. The molecule has 1 amide bonds. The quantitative estimate of drug-likeness (QED) is 0.744. The molecule has 2 aliphatic rings. The van der Waals surface area contributed by atoms with Gasteiger partial charge in [0.25, 0.3) is 0 Å². The van der Waals surface area contributed by atoms with Crippen LogP contribution >= 0.6 is 0 Å². The van der Waals surface area contributed by atoms with Gasteiger partial charge in [-0.2, -0.15) is 0 Å². The molecule has 1 aromatic carbocycles. The lowest BCUT2D eigenvalue weighted by atomic mass is 9.79. The highest BCUT2D eigenvalue weighted by atomic mass is 16.6. The summed E-state index contributed by atoms with van der Waals surface area (Å²) in [5.41, 5.74) is 3.77. The summed E-state index contributed by atoms with van der Waals surface area (Å²) in [4.78, 5) is 30.1. The van der Waals surface area contributed by atoms with Gasteiger partial charge in [0.2, 0.25) is 5.91 Å². The molecule has 0 saturated carbocycles. The molecule has 1 aromatic heterocycles. The maximum Gasteiger partial charge on any atom is 0.419 e. The van der Waals surface area contributed by atoms with E-state index >= 15 is 0 Å². The molecule has 1 aliphatic carbocycles. The first-order chi connectivity index (χ1) is 14.6. The Balaban J connectivity index is 1.79. The molecule has 0 bridgehead atoms. The molecule has 166 valence electrons. The van der Waals surface area contributed by atoms with Crippen LogP contribution in [-0.2, 0) is 16.0 Å². The molecular weight excluding hydrogens is 390 g/mol. The average Bonchev–Trinajstić information content (AvgIpc) is 3.08. The van der Waals surface area contributed by atoms with E-state index in [9.17, 15) is 9.59 Å². The van der Waals surface area contributed by atoms with Crippen LogP contribution in [0.4, 0.5) is 4.79 Å². The number of carbonyl (C=O) groups excluding carboxylic acids is 2. The van der Waals surface area contributed by atoms with Crippen LogP contribution in [0, 0.1) is 5.92 Å². The van der Waals surface area contributed by atoms with E-state index in [4.69, 9.17) is 4.74 Å². The Morgan fingerprint density at radius 3 is 2.55 bits per heavy atom. The summed E-state index contributed by atoms with van der Waals surface area (Å²) in [6.45, 7) is 11.8. The zero-order valence-corrected chi connectivity index (χ0v) is 19.4. The van der Waals surface area contributed by atoms with Crippen molar-refractivity contribution in [2.75, 3.05) is 26.7 Å². The van der Waals surface area contributed by atoms with Crippen molar-refractivity contribution >= 4 is 28.5 Å². The molecule has 0 spiro atoms. The number of amides is 1. The normalized spacial score (nSPS) is 20.9. The van der Waals surface area contributed by atoms with E-state index in [1.165, 1.54) is 5.57 Å². The maximum atomic E-state index is 13.1. The van der Waals surface area contributed by atoms with Crippen LogP contribution in [0.1, 0.15) is 45.7 Å². The van der Waals surface area contributed by atoms with Crippen molar-refractivity contribution in [3.8, 4) is 0 Å². The Bertz CT molecular complexity index is 1060. The molecular formula is C25H33N3O3. The number of likely N-dealkylation sites (N-methyl/N-ethyl adjacent to an activating group) is 1. The molecule has 4 rings (SSSR count). The van der Waals surface area contributed by atoms with Crippen molar-refractivity contribution < 1.29 is 14.3 Å². The van der Waals surface area contributed by atoms with Crippen molar-refractivity contribution in [3.63, 3.8) is 0 Å². The fourth-order valence-electron chi connectivity index (χ4n) is 4.94. The molecule has 0 radical (unpaired) electrons. The fourth-order valence-corrected chi connectivity index (χ4v) is 4.94. The third kappa shape index (κ3) is 3.78. The van der Waals surface area contributed by atoms with Crippen LogP contribution in [0.25, 0.3) is 16.5 Å². The van der Waals surface area contributed by atoms with E-state index in [2.05, 4.69) is 24.1 Å². The number of hydrogen-bond acceptors (Lipinski definition) is 4. The summed E-state index contributed by atoms with van der Waals surface area (Å²) in [5, 5.41) is 1.10. The van der Waals surface area contributed by atoms with Crippen molar-refractivity contribution in [2.24, 2.45) is 5.92 Å². The monoisotopic (exact) mass is 423 g/mol. The first-order valence-electron chi connectivity index (χ1n) is 11.2. The summed E-state index contributed by atoms with van der Waals surface area (Å²) in [6.07, 6.45) is 4.56. The van der Waals surface area contributed by atoms with Crippen molar-refractivity contribution in [2.45, 2.75) is 52.7 Å². The largest absolute Gasteiger partial charge is 0.443 e. The summed E-state index contributed by atoms with van der Waals surface area (Å²) >= 11 is 0. The molecule has 6 heteroatoms. The Morgan fingerprint density at radius 2 is 1.90 bits per heavy atom. The van der Waals surface area contributed by atoms with Gasteiger partial charge < -0.3 is 9.64 Å². The minimum Gasteiger partial charge on any atom is -0.443 e. The summed E-state index contributed by atoms with van der Waals surface area (Å²) < 4.78 is 7.27. The topological polar surface area (TPSA) is 54.8 Å². The standard InChI is InChI=1S/C25H33N3O3/c1-7-27(8-2)23(29)17-12-19-18-10-9-11-20-22(18)16(13-21(19)26(6)14-17)15-28(20)24(30)31-25(3,4)5/h9-12,15,17,21H,7-8,13-14H2,1-6H3/t17-,21?/m1/s1. The fraction of sp³-hybridized carbons (Fsp3) is 0.520. The highest BCUT2D eigenvalue weighted by molar-refractivity contribution is 6.02. The van der Waals surface area contributed by atoms with Crippen LogP contribution in [0.3, 0.4) is 0 Å². The van der Waals surface area contributed by atoms with E-state index in [0.29, 0.717) is 6.54 Å². The van der Waals surface area contributed by atoms with Gasteiger partial charge >= 0.3 is 6.09 Å². The number of carbonyl (C=O) groups is 2. The number of nitrogens with zero attached hydrogens (tertiary/aromatic N) is 3. The zero-order valence-electron chi connectivity index (χ0n) is 19.4. The molecule has 2 aromatic rings. The molecule has 31 heavy (non-hydrogen) atoms. The van der Waals surface area contributed by atoms with Gasteiger partial charge in [0.15, 0.2) is 0 Å². The lowest BCUT2D eigenvalue weighted by Gasteiger charge is -2.40. The third-order valence-electron chi connectivity index (χ3n) is 6.37. The van der Waals surface area contributed by atoms with Gasteiger partial charge in [0.1, 0.15) is 5.60 Å². The summed E-state index contributed by atoms with van der Waals surface area (Å²) in [6, 6.07) is 6.27. The van der Waals surface area contributed by atoms with Gasteiger partial charge in [-0.15, -0.1) is 0 Å². The highest BCUT2D eigenvalue weighted by Gasteiger charge is 2.37. The summed E-state index contributed by atoms with van der Waals surface area (Å²) in [7, 11) is 2.09. The molecule has 0 saturated heterocycles. The van der Waals surface area contributed by atoms with Gasteiger partial charge in [-0.05, 0) is 70.9 Å². The highest BCUT2D eigenvalue weighted by Crippen LogP contribution is 2.42. The van der Waals surface area contributed by atoms with Crippen LogP contribution in [0.2, 0.25) is 0 Å². The van der Waals surface area contributed by atoms with Gasteiger partial charge in [0.05, 0.1) is 11.4 Å². The number of hydrogen-bond donors (Lipinski definition) is 0. The number of fused-ring (bicyclic) bond motifs is 2. The number of aromatic nitrogens is 1. The lowest BCUT2D eigenvalue weighted by Crippen LogP contribution is -2.47. The SMILES string of the molecule is CCN(CC)C(=O)[C@@H]1C=C2c3cccc4c3c(cn4C(=O)OC(C)(C)C)CC2N(C)C1. The van der Waals surface area contributed by atoms with Crippen LogP contribution in [0.5, 0.6) is 0 Å². The van der Waals surface area contributed by atoms with E-state index < -0.39 is 5.60 Å². The van der Waals surface area contributed by atoms with Crippen molar-refractivity contribution in [3.05, 3.63) is 41.6 Å². The van der Waals surface area contributed by atoms with Crippen molar-refractivity contribution in [1.82, 2.24) is 14.4 Å². The second kappa shape index (κ2) is 7.83. The second-order valence-electron chi connectivity index (χ2n) is 9.60. The minimum absolute atomic E-state index is 0.152. The molecule has 2 heterocycles. The van der Waals surface area contributed by atoms with Gasteiger partial charge in [0, 0.05) is 37.3 Å². The molecule has 6 nitrogen and oxygen atoms in total. The van der Waals surface area contributed by atoms with E-state index in [-0.39, 0.29) is 24.0 Å². The van der Waals surface area contributed by atoms with E-state index in [0.717, 1.165) is 41.5 Å². The molecule has 2 atom stereocenters. The van der Waals surface area contributed by atoms with Gasteiger partial charge in [-0.3, -0.25) is 14.3 Å². The average molecular weight is 424 g/mol. The smallest absolute Gasteiger partial charge is 0.419 e. The van der Waals surface area contributed by atoms with Crippen LogP contribution < -0.4 is 0 Å². The van der Waals surface area contributed by atoms with Crippen molar-refractivity contribution in [1.29, 1.82) is 0 Å². The molecule has 0 N–H and O–H groups in total. The predicted octanol–water partition coefficient (Wildman–Crippen LogP) is 4.16. The van der Waals surface area contributed by atoms with Gasteiger partial charge in [-0.1, -0.05) is 18.2 Å². The predicted molar refractivity (Wildman–Crippen MR) is 123 cm³/mol. The lowest BCUT2D eigenvalue weighted by molar-refractivity contribution is -0.134. The molecule has 1 unspecified atom stereocenters. The van der Waals surface area contributed by atoms with E-state index in [1.54, 1.807) is 4.57 Å². The minimum atomic E-state index is -0.555. The third-order valence-corrected chi connectivity index (χ3v) is 6.37. The molecule has 0 fully saturated rings. The van der Waals surface area contributed by atoms with Crippen LogP contribution in [-0.4, -0.2) is 64.7 Å². The Morgan fingerprint density at radius 1 is 1.19 bits per heavy atom. The Kier molecular flexibility index (Phi) is 5.46. The first kappa shape index (κ1) is 21.6. The number of benzene rings is 1. The Hall–Kier alpha value is -2.60. The molecule has 1 aliphatic heterocycles. The number of rotatable bonds is 3. The second-order valence-corrected chi connectivity index (χ2v) is 9.60.